The molecule has 2 aromatic rings. The molecule has 3 rings (SSSR count). The minimum absolute atomic E-state index is 0.0627. The second-order valence-electron chi connectivity index (χ2n) is 5.95. The number of nitrogens with one attached hydrogen (secondary N) is 1. The number of rotatable bonds is 8. The normalized spacial score (nSPS) is 11.9. The molecule has 1 aliphatic heterocycles. The van der Waals surface area contributed by atoms with Crippen molar-refractivity contribution >= 4 is 34.7 Å². The topological polar surface area (TPSA) is 90.9 Å². The van der Waals surface area contributed by atoms with E-state index in [4.69, 9.17) is 14.2 Å². The lowest BCUT2D eigenvalue weighted by Gasteiger charge is -2.11. The number of ether oxygens (including phenoxy) is 3. The Kier molecular flexibility index (Phi) is 6.08. The van der Waals surface area contributed by atoms with Crippen molar-refractivity contribution in [3.63, 3.8) is 0 Å². The highest BCUT2D eigenvalue weighted by Gasteiger charge is 2.20. The number of carbonyl (C=O) groups excluding carboxylic acids is 3. The van der Waals surface area contributed by atoms with E-state index in [-0.39, 0.29) is 19.0 Å². The summed E-state index contributed by atoms with van der Waals surface area (Å²) in [5.74, 6) is -0.285. The molecule has 1 amide bonds. The first-order valence-corrected chi connectivity index (χ1v) is 9.33. The SMILES string of the molecule is CC(=O)c1cc2c(cc1NC(=O)COC(=O)CCCc1cccs1)OCO2. The number of benzene rings is 1. The van der Waals surface area contributed by atoms with Crippen molar-refractivity contribution in [1.82, 2.24) is 0 Å². The first-order valence-electron chi connectivity index (χ1n) is 8.45. The Morgan fingerprint density at radius 1 is 1.22 bits per heavy atom. The molecule has 7 nitrogen and oxygen atoms in total. The van der Waals surface area contributed by atoms with Crippen LogP contribution in [0.3, 0.4) is 0 Å². The van der Waals surface area contributed by atoms with Gasteiger partial charge in [0.05, 0.1) is 5.69 Å². The van der Waals surface area contributed by atoms with Crippen molar-refractivity contribution in [3.05, 3.63) is 40.1 Å². The molecule has 142 valence electrons. The summed E-state index contributed by atoms with van der Waals surface area (Å²) >= 11 is 1.64. The minimum Gasteiger partial charge on any atom is -0.456 e. The molecule has 0 saturated carbocycles. The fourth-order valence-electron chi connectivity index (χ4n) is 2.60. The van der Waals surface area contributed by atoms with Gasteiger partial charge in [0.1, 0.15) is 0 Å². The predicted molar refractivity (Wildman–Crippen MR) is 99.4 cm³/mol. The van der Waals surface area contributed by atoms with Gasteiger partial charge in [0.15, 0.2) is 23.9 Å². The number of anilines is 1. The fraction of sp³-hybridized carbons (Fsp3) is 0.316. The molecule has 27 heavy (non-hydrogen) atoms. The van der Waals surface area contributed by atoms with Crippen LogP contribution < -0.4 is 14.8 Å². The van der Waals surface area contributed by atoms with Crippen LogP contribution in [-0.2, 0) is 20.7 Å². The highest BCUT2D eigenvalue weighted by molar-refractivity contribution is 7.09. The van der Waals surface area contributed by atoms with E-state index >= 15 is 0 Å². The van der Waals surface area contributed by atoms with Crippen LogP contribution in [-0.4, -0.2) is 31.1 Å². The summed E-state index contributed by atoms with van der Waals surface area (Å²) in [5.41, 5.74) is 0.598. The first-order chi connectivity index (χ1) is 13.0. The summed E-state index contributed by atoms with van der Waals surface area (Å²) in [5, 5.41) is 4.57. The van der Waals surface area contributed by atoms with E-state index in [0.29, 0.717) is 29.2 Å². The molecule has 1 aliphatic rings. The molecular formula is C19H19NO6S. The van der Waals surface area contributed by atoms with Gasteiger partial charge in [-0.3, -0.25) is 14.4 Å². The van der Waals surface area contributed by atoms with Gasteiger partial charge in [-0.1, -0.05) is 6.07 Å². The maximum Gasteiger partial charge on any atom is 0.306 e. The Balaban J connectivity index is 1.49. The van der Waals surface area contributed by atoms with Crippen molar-refractivity contribution in [2.45, 2.75) is 26.2 Å². The maximum atomic E-state index is 12.1. The van der Waals surface area contributed by atoms with Crippen molar-refractivity contribution in [2.24, 2.45) is 0 Å². The third kappa shape index (κ3) is 5.07. The molecule has 1 aromatic carbocycles. The summed E-state index contributed by atoms with van der Waals surface area (Å²) in [4.78, 5) is 36.9. The molecule has 0 aliphatic carbocycles. The summed E-state index contributed by atoms with van der Waals surface area (Å²) in [6.45, 7) is 1.04. The molecule has 0 unspecified atom stereocenters. The molecule has 0 atom stereocenters. The lowest BCUT2D eigenvalue weighted by Crippen LogP contribution is -2.22. The van der Waals surface area contributed by atoms with Crippen LogP contribution >= 0.6 is 11.3 Å². The number of Topliss-reactive ketones (excluding diaryl/α,β-unsaturated/α-hetero) is 1. The Morgan fingerprint density at radius 3 is 2.70 bits per heavy atom. The van der Waals surface area contributed by atoms with Gasteiger partial charge in [-0.05, 0) is 37.3 Å². The lowest BCUT2D eigenvalue weighted by molar-refractivity contribution is -0.147. The van der Waals surface area contributed by atoms with Crippen LogP contribution in [0.25, 0.3) is 0 Å². The van der Waals surface area contributed by atoms with E-state index in [1.807, 2.05) is 17.5 Å². The number of ketones is 1. The number of fused-ring (bicyclic) bond motifs is 1. The minimum atomic E-state index is -0.525. The molecule has 0 spiro atoms. The number of aryl methyl sites for hydroxylation is 1. The Bertz CT molecular complexity index is 846. The van der Waals surface area contributed by atoms with E-state index in [1.54, 1.807) is 11.3 Å². The van der Waals surface area contributed by atoms with Crippen LogP contribution in [0.15, 0.2) is 29.6 Å². The molecule has 0 saturated heterocycles. The average molecular weight is 389 g/mol. The molecule has 1 aromatic heterocycles. The zero-order chi connectivity index (χ0) is 19.2. The number of amides is 1. The molecule has 0 fully saturated rings. The van der Waals surface area contributed by atoms with Gasteiger partial charge in [0.25, 0.3) is 5.91 Å². The summed E-state index contributed by atoms with van der Waals surface area (Å²) < 4.78 is 15.5. The van der Waals surface area contributed by atoms with E-state index in [0.717, 1.165) is 6.42 Å². The van der Waals surface area contributed by atoms with Crippen molar-refractivity contribution in [2.75, 3.05) is 18.7 Å². The predicted octanol–water partition coefficient (Wildman–Crippen LogP) is 3.18. The Hall–Kier alpha value is -2.87. The summed E-state index contributed by atoms with van der Waals surface area (Å²) in [6, 6.07) is 7.03. The number of carbonyl (C=O) groups is 3. The number of thiophene rings is 1. The first kappa shape index (κ1) is 18.9. The maximum absolute atomic E-state index is 12.1. The van der Waals surface area contributed by atoms with Crippen molar-refractivity contribution < 1.29 is 28.6 Å². The highest BCUT2D eigenvalue weighted by atomic mass is 32.1. The Labute approximate surface area is 160 Å². The molecule has 8 heteroatoms. The van der Waals surface area contributed by atoms with Crippen molar-refractivity contribution in [1.29, 1.82) is 0 Å². The van der Waals surface area contributed by atoms with Gasteiger partial charge in [-0.2, -0.15) is 0 Å². The highest BCUT2D eigenvalue weighted by Crippen LogP contribution is 2.37. The smallest absolute Gasteiger partial charge is 0.306 e. The van der Waals surface area contributed by atoms with Crippen LogP contribution in [0.2, 0.25) is 0 Å². The molecular weight excluding hydrogens is 370 g/mol. The summed E-state index contributed by atoms with van der Waals surface area (Å²) in [6.07, 6.45) is 1.71. The van der Waals surface area contributed by atoms with Crippen LogP contribution in [0.4, 0.5) is 5.69 Å². The van der Waals surface area contributed by atoms with Crippen LogP contribution in [0, 0.1) is 0 Å². The van der Waals surface area contributed by atoms with Gasteiger partial charge in [0, 0.05) is 22.9 Å². The van der Waals surface area contributed by atoms with Crippen LogP contribution in [0.5, 0.6) is 11.5 Å². The van der Waals surface area contributed by atoms with Gasteiger partial charge in [-0.25, -0.2) is 0 Å². The second kappa shape index (κ2) is 8.68. The quantitative estimate of drug-likeness (QED) is 0.551. The van der Waals surface area contributed by atoms with Gasteiger partial charge < -0.3 is 19.5 Å². The third-order valence-corrected chi connectivity index (χ3v) is 4.85. The zero-order valence-electron chi connectivity index (χ0n) is 14.8. The number of esters is 1. The molecule has 2 heterocycles. The van der Waals surface area contributed by atoms with Gasteiger partial charge in [0.2, 0.25) is 6.79 Å². The average Bonchev–Trinajstić information content (AvgIpc) is 3.30. The molecule has 0 bridgehead atoms. The third-order valence-electron chi connectivity index (χ3n) is 3.91. The number of hydrogen-bond acceptors (Lipinski definition) is 7. The lowest BCUT2D eigenvalue weighted by atomic mass is 10.1. The Morgan fingerprint density at radius 2 is 2.00 bits per heavy atom. The molecule has 1 N–H and O–H groups in total. The van der Waals surface area contributed by atoms with Gasteiger partial charge >= 0.3 is 5.97 Å². The van der Waals surface area contributed by atoms with E-state index in [2.05, 4.69) is 5.32 Å². The fourth-order valence-corrected chi connectivity index (χ4v) is 3.35. The van der Waals surface area contributed by atoms with Gasteiger partial charge in [-0.15, -0.1) is 11.3 Å². The molecule has 0 radical (unpaired) electrons. The largest absolute Gasteiger partial charge is 0.456 e. The van der Waals surface area contributed by atoms with Crippen molar-refractivity contribution in [3.8, 4) is 11.5 Å². The monoisotopic (exact) mass is 389 g/mol. The number of hydrogen-bond donors (Lipinski definition) is 1. The van der Waals surface area contributed by atoms with E-state index in [1.165, 1.54) is 23.9 Å². The zero-order valence-corrected chi connectivity index (χ0v) is 15.6. The van der Waals surface area contributed by atoms with Crippen LogP contribution in [0.1, 0.15) is 35.0 Å². The van der Waals surface area contributed by atoms with E-state index < -0.39 is 18.5 Å². The summed E-state index contributed by atoms with van der Waals surface area (Å²) in [7, 11) is 0. The second-order valence-corrected chi connectivity index (χ2v) is 6.98. The standard InChI is InChI=1S/C19H19NO6S/c1-12(21)14-8-16-17(26-11-25-16)9-15(14)20-18(22)10-24-19(23)6-2-4-13-5-3-7-27-13/h3,5,7-9H,2,4,6,10-11H2,1H3,(H,20,22). The van der Waals surface area contributed by atoms with E-state index in [9.17, 15) is 14.4 Å².